The highest BCUT2D eigenvalue weighted by Crippen LogP contribution is 2.29. The van der Waals surface area contributed by atoms with Gasteiger partial charge in [0.05, 0.1) is 0 Å². The average Bonchev–Trinajstić information content (AvgIpc) is 2.42. The predicted octanol–water partition coefficient (Wildman–Crippen LogP) is 3.29. The lowest BCUT2D eigenvalue weighted by molar-refractivity contribution is 0.318. The number of anilines is 2. The molecule has 0 saturated heterocycles. The molecule has 0 radical (unpaired) electrons. The number of nitrogens with one attached hydrogen (secondary N) is 2. The number of nitrogens with zero attached hydrogens (tertiary/aromatic N) is 2. The van der Waals surface area contributed by atoms with Crippen molar-refractivity contribution in [3.8, 4) is 0 Å². The summed E-state index contributed by atoms with van der Waals surface area (Å²) in [5, 5.41) is 6.56. The molecule has 18 heavy (non-hydrogen) atoms. The molecular weight excluding hydrogens is 224 g/mol. The van der Waals surface area contributed by atoms with Crippen LogP contribution in [0.25, 0.3) is 0 Å². The zero-order valence-corrected chi connectivity index (χ0v) is 11.4. The van der Waals surface area contributed by atoms with Crippen LogP contribution in [0.3, 0.4) is 0 Å². The topological polar surface area (TPSA) is 49.8 Å². The van der Waals surface area contributed by atoms with Crippen molar-refractivity contribution in [2.75, 3.05) is 17.7 Å². The van der Waals surface area contributed by atoms with Gasteiger partial charge < -0.3 is 10.6 Å². The van der Waals surface area contributed by atoms with Crippen molar-refractivity contribution in [2.24, 2.45) is 5.92 Å². The van der Waals surface area contributed by atoms with Crippen molar-refractivity contribution >= 4 is 11.6 Å². The van der Waals surface area contributed by atoms with Gasteiger partial charge in [0, 0.05) is 19.2 Å². The summed E-state index contributed by atoms with van der Waals surface area (Å²) in [6, 6.07) is 2.55. The van der Waals surface area contributed by atoms with E-state index in [0.717, 1.165) is 17.6 Å². The summed E-state index contributed by atoms with van der Waals surface area (Å²) in [6.45, 7) is 2.28. The molecule has 1 aromatic rings. The lowest BCUT2D eigenvalue weighted by Gasteiger charge is -2.29. The monoisotopic (exact) mass is 248 g/mol. The van der Waals surface area contributed by atoms with Gasteiger partial charge in [-0.15, -0.1) is 0 Å². The zero-order valence-electron chi connectivity index (χ0n) is 11.4. The lowest BCUT2D eigenvalue weighted by Crippen LogP contribution is -2.26. The van der Waals surface area contributed by atoms with E-state index in [-0.39, 0.29) is 0 Å². The van der Waals surface area contributed by atoms with E-state index in [4.69, 9.17) is 0 Å². The first-order valence-corrected chi connectivity index (χ1v) is 7.08. The molecule has 1 aliphatic rings. The summed E-state index contributed by atoms with van der Waals surface area (Å²) in [6.07, 6.45) is 9.57. The Hall–Kier alpha value is -1.32. The Morgan fingerprint density at radius 2 is 1.89 bits per heavy atom. The number of aromatic nitrogens is 2. The van der Waals surface area contributed by atoms with Gasteiger partial charge in [0.1, 0.15) is 18.0 Å². The van der Waals surface area contributed by atoms with Crippen LogP contribution in [-0.4, -0.2) is 23.1 Å². The molecule has 0 bridgehead atoms. The van der Waals surface area contributed by atoms with Crippen molar-refractivity contribution < 1.29 is 0 Å². The Labute approximate surface area is 110 Å². The van der Waals surface area contributed by atoms with Crippen molar-refractivity contribution in [1.82, 2.24) is 9.97 Å². The fraction of sp³-hybridized carbons (Fsp3) is 0.714. The fourth-order valence-electron chi connectivity index (χ4n) is 2.79. The average molecular weight is 248 g/mol. The van der Waals surface area contributed by atoms with Crippen LogP contribution in [0.4, 0.5) is 11.6 Å². The first kappa shape index (κ1) is 13.1. The smallest absolute Gasteiger partial charge is 0.131 e. The van der Waals surface area contributed by atoms with Crippen LogP contribution < -0.4 is 10.6 Å². The van der Waals surface area contributed by atoms with Gasteiger partial charge in [-0.2, -0.15) is 0 Å². The van der Waals surface area contributed by atoms with Gasteiger partial charge in [-0.05, 0) is 31.6 Å². The molecule has 0 amide bonds. The second-order valence-corrected chi connectivity index (χ2v) is 5.19. The normalized spacial score (nSPS) is 23.7. The Morgan fingerprint density at radius 1 is 1.17 bits per heavy atom. The summed E-state index contributed by atoms with van der Waals surface area (Å²) < 4.78 is 0. The summed E-state index contributed by atoms with van der Waals surface area (Å²) in [5.74, 6) is 2.76. The van der Waals surface area contributed by atoms with Crippen LogP contribution in [0.15, 0.2) is 12.4 Å². The maximum absolute atomic E-state index is 4.27. The van der Waals surface area contributed by atoms with Crippen molar-refractivity contribution in [1.29, 1.82) is 0 Å². The summed E-state index contributed by atoms with van der Waals surface area (Å²) >= 11 is 0. The standard InChI is InChI=1S/C14H24N4/c1-3-4-11-5-7-12(8-6-11)18-14-9-13(15-2)16-10-17-14/h9-12H,3-8H2,1-2H3,(H2,15,16,17,18). The van der Waals surface area contributed by atoms with E-state index < -0.39 is 0 Å². The van der Waals surface area contributed by atoms with Gasteiger partial charge in [-0.3, -0.25) is 0 Å². The second kappa shape index (κ2) is 6.57. The molecule has 4 nitrogen and oxygen atoms in total. The molecule has 0 aromatic carbocycles. The highest BCUT2D eigenvalue weighted by atomic mass is 15.1. The lowest BCUT2D eigenvalue weighted by atomic mass is 9.83. The number of hydrogen-bond acceptors (Lipinski definition) is 4. The highest BCUT2D eigenvalue weighted by Gasteiger charge is 2.20. The minimum Gasteiger partial charge on any atom is -0.373 e. The van der Waals surface area contributed by atoms with Gasteiger partial charge in [-0.1, -0.05) is 19.8 Å². The molecule has 0 unspecified atom stereocenters. The first-order chi connectivity index (χ1) is 8.81. The van der Waals surface area contributed by atoms with Gasteiger partial charge >= 0.3 is 0 Å². The maximum atomic E-state index is 4.27. The third-order valence-corrected chi connectivity index (χ3v) is 3.82. The minimum absolute atomic E-state index is 0.581. The molecule has 0 aliphatic heterocycles. The molecule has 1 aliphatic carbocycles. The molecule has 1 heterocycles. The van der Waals surface area contributed by atoms with Crippen LogP contribution in [0.1, 0.15) is 45.4 Å². The zero-order chi connectivity index (χ0) is 12.8. The second-order valence-electron chi connectivity index (χ2n) is 5.19. The first-order valence-electron chi connectivity index (χ1n) is 7.08. The third-order valence-electron chi connectivity index (χ3n) is 3.82. The van der Waals surface area contributed by atoms with E-state index in [2.05, 4.69) is 27.5 Å². The summed E-state index contributed by atoms with van der Waals surface area (Å²) in [4.78, 5) is 8.40. The molecule has 0 spiro atoms. The SMILES string of the molecule is CCCC1CCC(Nc2cc(NC)ncn2)CC1. The van der Waals surface area contributed by atoms with Crippen LogP contribution in [-0.2, 0) is 0 Å². The largest absolute Gasteiger partial charge is 0.373 e. The molecule has 1 fully saturated rings. The molecule has 0 atom stereocenters. The van der Waals surface area contributed by atoms with E-state index >= 15 is 0 Å². The van der Waals surface area contributed by atoms with Crippen molar-refractivity contribution in [3.63, 3.8) is 0 Å². The molecule has 1 aromatic heterocycles. The van der Waals surface area contributed by atoms with E-state index in [1.54, 1.807) is 6.33 Å². The Bertz CT molecular complexity index is 359. The van der Waals surface area contributed by atoms with Crippen molar-refractivity contribution in [2.45, 2.75) is 51.5 Å². The predicted molar refractivity (Wildman–Crippen MR) is 75.9 cm³/mol. The minimum atomic E-state index is 0.581. The quantitative estimate of drug-likeness (QED) is 0.839. The third kappa shape index (κ3) is 3.59. The highest BCUT2D eigenvalue weighted by molar-refractivity contribution is 5.46. The number of rotatable bonds is 5. The van der Waals surface area contributed by atoms with Gasteiger partial charge in [0.25, 0.3) is 0 Å². The molecule has 100 valence electrons. The van der Waals surface area contributed by atoms with Gasteiger partial charge in [0.15, 0.2) is 0 Å². The fourth-order valence-corrected chi connectivity index (χ4v) is 2.79. The molecule has 1 saturated carbocycles. The van der Waals surface area contributed by atoms with Crippen LogP contribution in [0, 0.1) is 5.92 Å². The number of hydrogen-bond donors (Lipinski definition) is 2. The van der Waals surface area contributed by atoms with Gasteiger partial charge in [0.2, 0.25) is 0 Å². The van der Waals surface area contributed by atoms with E-state index in [1.165, 1.54) is 38.5 Å². The van der Waals surface area contributed by atoms with Crippen LogP contribution >= 0.6 is 0 Å². The van der Waals surface area contributed by atoms with Crippen LogP contribution in [0.2, 0.25) is 0 Å². The van der Waals surface area contributed by atoms with E-state index in [1.807, 2.05) is 13.1 Å². The van der Waals surface area contributed by atoms with Crippen LogP contribution in [0.5, 0.6) is 0 Å². The Balaban J connectivity index is 1.83. The van der Waals surface area contributed by atoms with E-state index in [9.17, 15) is 0 Å². The maximum Gasteiger partial charge on any atom is 0.131 e. The molecular formula is C14H24N4. The van der Waals surface area contributed by atoms with E-state index in [0.29, 0.717) is 6.04 Å². The van der Waals surface area contributed by atoms with Gasteiger partial charge in [-0.25, -0.2) is 9.97 Å². The molecule has 2 N–H and O–H groups in total. The molecule has 2 rings (SSSR count). The Morgan fingerprint density at radius 3 is 2.56 bits per heavy atom. The Kier molecular flexibility index (Phi) is 4.79. The summed E-state index contributed by atoms with van der Waals surface area (Å²) in [7, 11) is 1.88. The summed E-state index contributed by atoms with van der Waals surface area (Å²) in [5.41, 5.74) is 0. The molecule has 4 heteroatoms. The van der Waals surface area contributed by atoms with Crippen molar-refractivity contribution in [3.05, 3.63) is 12.4 Å².